The summed E-state index contributed by atoms with van der Waals surface area (Å²) in [5.74, 6) is -1.67. The molecule has 1 aliphatic carbocycles. The first kappa shape index (κ1) is 23.0. The van der Waals surface area contributed by atoms with E-state index in [2.05, 4.69) is 0 Å². The van der Waals surface area contributed by atoms with E-state index in [1.165, 1.54) is 4.90 Å². The van der Waals surface area contributed by atoms with Crippen molar-refractivity contribution in [2.24, 2.45) is 17.8 Å². The number of nitrogens with zero attached hydrogens (tertiary/aromatic N) is 2. The number of carbonyl (C=O) groups excluding carboxylic acids is 4. The second-order valence-electron chi connectivity index (χ2n) is 9.75. The quantitative estimate of drug-likeness (QED) is 0.286. The highest BCUT2D eigenvalue weighted by Gasteiger charge is 2.49. The molecule has 0 radical (unpaired) electrons. The number of amides is 3. The molecule has 180 valence electrons. The number of hydrogen-bond donors (Lipinski definition) is 0. The Morgan fingerprint density at radius 1 is 0.971 bits per heavy atom. The molecule has 2 aromatic rings. The molecule has 35 heavy (non-hydrogen) atoms. The molecule has 0 aromatic heterocycles. The van der Waals surface area contributed by atoms with Crippen LogP contribution >= 0.6 is 0 Å². The van der Waals surface area contributed by atoms with Crippen molar-refractivity contribution in [2.45, 2.75) is 39.7 Å². The zero-order valence-corrected chi connectivity index (χ0v) is 19.9. The standard InChI is InChI=1S/C28H28N2O5/c1-17-8-10-22-23(12-17)27(33)30(26(22)32)24-11-9-21(13-18(24)2)35-28(34)20-14-25(31)29(16-20)15-19-6-4-3-5-7-19/h3-9,11,13,20,22-23H,10,12,14-16H2,1-2H3/t20-,22-,23-/m0/s1. The van der Waals surface area contributed by atoms with Crippen LogP contribution in [-0.2, 0) is 25.7 Å². The minimum Gasteiger partial charge on any atom is -0.426 e. The summed E-state index contributed by atoms with van der Waals surface area (Å²) in [7, 11) is 0. The van der Waals surface area contributed by atoms with Gasteiger partial charge in [-0.05, 0) is 56.0 Å². The third-order valence-electron chi connectivity index (χ3n) is 7.21. The van der Waals surface area contributed by atoms with Crippen molar-refractivity contribution in [1.82, 2.24) is 4.90 Å². The highest BCUT2D eigenvalue weighted by atomic mass is 16.5. The smallest absolute Gasteiger partial charge is 0.316 e. The van der Waals surface area contributed by atoms with Crippen molar-refractivity contribution in [3.8, 4) is 5.75 Å². The maximum Gasteiger partial charge on any atom is 0.316 e. The van der Waals surface area contributed by atoms with Crippen LogP contribution in [0.2, 0.25) is 0 Å². The van der Waals surface area contributed by atoms with Crippen LogP contribution in [0, 0.1) is 24.7 Å². The zero-order valence-electron chi connectivity index (χ0n) is 19.9. The number of allylic oxidation sites excluding steroid dienone is 2. The fourth-order valence-electron chi connectivity index (χ4n) is 5.30. The second-order valence-corrected chi connectivity index (χ2v) is 9.75. The van der Waals surface area contributed by atoms with E-state index in [1.54, 1.807) is 30.0 Å². The first-order valence-electron chi connectivity index (χ1n) is 12.0. The lowest BCUT2D eigenvalue weighted by atomic mass is 9.82. The highest BCUT2D eigenvalue weighted by molar-refractivity contribution is 6.22. The Bertz CT molecular complexity index is 1240. The van der Waals surface area contributed by atoms with Gasteiger partial charge < -0.3 is 9.64 Å². The summed E-state index contributed by atoms with van der Waals surface area (Å²) in [5, 5.41) is 0. The maximum atomic E-state index is 13.0. The van der Waals surface area contributed by atoms with Gasteiger partial charge in [-0.15, -0.1) is 0 Å². The van der Waals surface area contributed by atoms with E-state index in [0.29, 0.717) is 42.9 Å². The summed E-state index contributed by atoms with van der Waals surface area (Å²) in [6.07, 6.45) is 3.37. The van der Waals surface area contributed by atoms with Gasteiger partial charge in [0.1, 0.15) is 5.75 Å². The fourth-order valence-corrected chi connectivity index (χ4v) is 5.30. The number of carbonyl (C=O) groups is 4. The Labute approximate surface area is 204 Å². The van der Waals surface area contributed by atoms with Crippen LogP contribution in [0.5, 0.6) is 5.75 Å². The number of anilines is 1. The van der Waals surface area contributed by atoms with Crippen molar-refractivity contribution in [2.75, 3.05) is 11.4 Å². The van der Waals surface area contributed by atoms with Crippen LogP contribution in [0.1, 0.15) is 37.3 Å². The van der Waals surface area contributed by atoms with Crippen LogP contribution in [0.15, 0.2) is 60.2 Å². The molecular weight excluding hydrogens is 444 g/mol. The summed E-state index contributed by atoms with van der Waals surface area (Å²) in [6, 6.07) is 14.6. The molecule has 2 fully saturated rings. The van der Waals surface area contributed by atoms with Crippen LogP contribution in [0.25, 0.3) is 0 Å². The van der Waals surface area contributed by atoms with Crippen LogP contribution in [0.3, 0.4) is 0 Å². The van der Waals surface area contributed by atoms with Gasteiger partial charge in [-0.3, -0.25) is 19.2 Å². The van der Waals surface area contributed by atoms with Crippen molar-refractivity contribution in [3.63, 3.8) is 0 Å². The van der Waals surface area contributed by atoms with E-state index in [-0.39, 0.29) is 36.0 Å². The molecule has 7 heteroatoms. The number of rotatable bonds is 5. The number of aryl methyl sites for hydroxylation is 1. The molecule has 3 aliphatic rings. The average Bonchev–Trinajstić information content (AvgIpc) is 3.31. The zero-order chi connectivity index (χ0) is 24.7. The highest BCUT2D eigenvalue weighted by Crippen LogP contribution is 2.41. The van der Waals surface area contributed by atoms with Crippen molar-refractivity contribution < 1.29 is 23.9 Å². The number of esters is 1. The lowest BCUT2D eigenvalue weighted by Crippen LogP contribution is -2.31. The van der Waals surface area contributed by atoms with Gasteiger partial charge >= 0.3 is 5.97 Å². The van der Waals surface area contributed by atoms with Crippen LogP contribution in [0.4, 0.5) is 5.69 Å². The molecular formula is C28H28N2O5. The molecule has 3 amide bonds. The normalized spacial score (nSPS) is 24.0. The SMILES string of the molecule is CC1=CC[C@@H]2C(=O)N(c3ccc(OC(=O)[C@H]4CC(=O)N(Cc5ccccc5)C4)cc3C)C(=O)[C@H]2C1. The maximum absolute atomic E-state index is 13.0. The van der Waals surface area contributed by atoms with Gasteiger partial charge in [-0.25, -0.2) is 4.90 Å². The molecule has 3 atom stereocenters. The van der Waals surface area contributed by atoms with Gasteiger partial charge in [-0.1, -0.05) is 42.0 Å². The van der Waals surface area contributed by atoms with Gasteiger partial charge in [-0.2, -0.15) is 0 Å². The largest absolute Gasteiger partial charge is 0.426 e. The summed E-state index contributed by atoms with van der Waals surface area (Å²) in [4.78, 5) is 54.2. The van der Waals surface area contributed by atoms with Crippen molar-refractivity contribution >= 4 is 29.4 Å². The molecule has 2 aliphatic heterocycles. The van der Waals surface area contributed by atoms with Crippen molar-refractivity contribution in [3.05, 3.63) is 71.3 Å². The molecule has 7 nitrogen and oxygen atoms in total. The van der Waals surface area contributed by atoms with E-state index >= 15 is 0 Å². The van der Waals surface area contributed by atoms with Crippen molar-refractivity contribution in [1.29, 1.82) is 0 Å². The lowest BCUT2D eigenvalue weighted by Gasteiger charge is -2.19. The summed E-state index contributed by atoms with van der Waals surface area (Å²) in [5.41, 5.74) is 3.35. The number of likely N-dealkylation sites (tertiary alicyclic amines) is 1. The third kappa shape index (κ3) is 4.38. The van der Waals surface area contributed by atoms with E-state index in [9.17, 15) is 19.2 Å². The Morgan fingerprint density at radius 2 is 1.71 bits per heavy atom. The molecule has 2 aromatic carbocycles. The monoisotopic (exact) mass is 472 g/mol. The predicted molar refractivity (Wildman–Crippen MR) is 129 cm³/mol. The Hall–Kier alpha value is -3.74. The number of imide groups is 1. The molecule has 0 N–H and O–H groups in total. The Kier molecular flexibility index (Phi) is 6.01. The summed E-state index contributed by atoms with van der Waals surface area (Å²) >= 11 is 0. The van der Waals surface area contributed by atoms with Crippen LogP contribution < -0.4 is 9.64 Å². The van der Waals surface area contributed by atoms with Gasteiger partial charge in [0.15, 0.2) is 0 Å². The molecule has 0 unspecified atom stereocenters. The minimum absolute atomic E-state index is 0.0698. The molecule has 2 saturated heterocycles. The Morgan fingerprint density at radius 3 is 2.46 bits per heavy atom. The summed E-state index contributed by atoms with van der Waals surface area (Å²) < 4.78 is 5.59. The third-order valence-corrected chi connectivity index (χ3v) is 7.21. The molecule has 2 heterocycles. The van der Waals surface area contributed by atoms with E-state index in [0.717, 1.165) is 11.1 Å². The first-order chi connectivity index (χ1) is 16.8. The lowest BCUT2D eigenvalue weighted by molar-refractivity contribution is -0.139. The number of hydrogen-bond acceptors (Lipinski definition) is 5. The van der Waals surface area contributed by atoms with Gasteiger partial charge in [0.05, 0.1) is 23.4 Å². The Balaban J connectivity index is 1.25. The molecule has 0 spiro atoms. The number of benzene rings is 2. The topological polar surface area (TPSA) is 84.0 Å². The van der Waals surface area contributed by atoms with E-state index in [4.69, 9.17) is 4.74 Å². The van der Waals surface area contributed by atoms with Crippen LogP contribution in [-0.4, -0.2) is 35.1 Å². The molecule has 5 rings (SSSR count). The molecule has 0 saturated carbocycles. The van der Waals surface area contributed by atoms with Gasteiger partial charge in [0.2, 0.25) is 17.7 Å². The summed E-state index contributed by atoms with van der Waals surface area (Å²) in [6.45, 7) is 4.56. The number of fused-ring (bicyclic) bond motifs is 1. The predicted octanol–water partition coefficient (Wildman–Crippen LogP) is 3.79. The van der Waals surface area contributed by atoms with E-state index in [1.807, 2.05) is 43.3 Å². The van der Waals surface area contributed by atoms with E-state index < -0.39 is 11.9 Å². The second kappa shape index (κ2) is 9.13. The number of ether oxygens (including phenoxy) is 1. The molecule has 0 bridgehead atoms. The fraction of sp³-hybridized carbons (Fsp3) is 0.357. The first-order valence-corrected chi connectivity index (χ1v) is 12.0. The van der Waals surface area contributed by atoms with Gasteiger partial charge in [0, 0.05) is 19.5 Å². The minimum atomic E-state index is -0.535. The van der Waals surface area contributed by atoms with Gasteiger partial charge in [0.25, 0.3) is 0 Å². The average molecular weight is 473 g/mol.